The van der Waals surface area contributed by atoms with Crippen molar-refractivity contribution in [1.29, 1.82) is 0 Å². The van der Waals surface area contributed by atoms with Crippen molar-refractivity contribution in [3.8, 4) is 0 Å². The molecule has 0 bridgehead atoms. The van der Waals surface area contributed by atoms with Crippen LogP contribution < -0.4 is 5.32 Å². The van der Waals surface area contributed by atoms with Gasteiger partial charge in [-0.1, -0.05) is 26.7 Å². The molecule has 1 unspecified atom stereocenters. The van der Waals surface area contributed by atoms with Crippen molar-refractivity contribution in [2.45, 2.75) is 52.5 Å². The van der Waals surface area contributed by atoms with Crippen LogP contribution in [0.4, 0.5) is 0 Å². The van der Waals surface area contributed by atoms with E-state index < -0.39 is 0 Å². The normalized spacial score (nSPS) is 13.2. The molecule has 0 saturated carbocycles. The first-order valence-electron chi connectivity index (χ1n) is 5.33. The van der Waals surface area contributed by atoms with E-state index in [1.54, 1.807) is 0 Å². The number of rotatable bonds is 8. The molecular weight excluding hydrogens is 162 g/mol. The summed E-state index contributed by atoms with van der Waals surface area (Å²) >= 11 is 0. The van der Waals surface area contributed by atoms with E-state index in [2.05, 4.69) is 26.1 Å². The monoisotopic (exact) mass is 185 g/mol. The molecule has 1 atom stereocenters. The second-order valence-corrected chi connectivity index (χ2v) is 4.14. The Bertz CT molecular complexity index is 123. The Hall–Kier alpha value is -0.370. The van der Waals surface area contributed by atoms with Crippen LogP contribution in [0.1, 0.15) is 46.5 Å². The minimum atomic E-state index is 0.554. The molecular formula is C11H23NO. The molecule has 0 aromatic carbocycles. The molecule has 0 aliphatic carbocycles. The van der Waals surface area contributed by atoms with E-state index in [4.69, 9.17) is 0 Å². The van der Waals surface area contributed by atoms with E-state index in [9.17, 15) is 4.79 Å². The third-order valence-corrected chi connectivity index (χ3v) is 2.17. The Morgan fingerprint density at radius 3 is 2.46 bits per heavy atom. The molecule has 0 aliphatic rings. The highest BCUT2D eigenvalue weighted by Crippen LogP contribution is 2.07. The van der Waals surface area contributed by atoms with Gasteiger partial charge >= 0.3 is 0 Å². The van der Waals surface area contributed by atoms with Crippen LogP contribution in [-0.2, 0) is 4.79 Å². The van der Waals surface area contributed by atoms with Gasteiger partial charge in [0.15, 0.2) is 0 Å². The molecule has 0 aromatic heterocycles. The zero-order valence-electron chi connectivity index (χ0n) is 9.18. The van der Waals surface area contributed by atoms with Crippen LogP contribution in [0.5, 0.6) is 0 Å². The van der Waals surface area contributed by atoms with E-state index in [-0.39, 0.29) is 0 Å². The van der Waals surface area contributed by atoms with Crippen molar-refractivity contribution < 1.29 is 4.79 Å². The molecule has 0 aromatic rings. The topological polar surface area (TPSA) is 29.1 Å². The first-order valence-corrected chi connectivity index (χ1v) is 5.33. The molecule has 0 amide bonds. The third kappa shape index (κ3) is 9.54. The molecule has 0 rings (SSSR count). The average Bonchev–Trinajstić information content (AvgIpc) is 2.04. The molecule has 0 aliphatic heterocycles. The summed E-state index contributed by atoms with van der Waals surface area (Å²) in [4.78, 5) is 10.0. The van der Waals surface area contributed by atoms with Crippen molar-refractivity contribution in [3.05, 3.63) is 0 Å². The van der Waals surface area contributed by atoms with Gasteiger partial charge in [-0.05, 0) is 19.3 Å². The fourth-order valence-electron chi connectivity index (χ4n) is 1.32. The number of carbonyl (C=O) groups excluding carboxylic acids is 1. The predicted molar refractivity (Wildman–Crippen MR) is 56.8 cm³/mol. The Morgan fingerprint density at radius 1 is 1.23 bits per heavy atom. The van der Waals surface area contributed by atoms with Gasteiger partial charge in [0.05, 0.1) is 0 Å². The predicted octanol–water partition coefficient (Wildman–Crippen LogP) is 2.38. The van der Waals surface area contributed by atoms with Crippen LogP contribution in [-0.4, -0.2) is 18.9 Å². The molecule has 0 radical (unpaired) electrons. The first kappa shape index (κ1) is 12.6. The number of hydrogen-bond acceptors (Lipinski definition) is 2. The SMILES string of the molecule is CC(C)CCCC(C)NCCC=O. The van der Waals surface area contributed by atoms with Gasteiger partial charge in [0.1, 0.15) is 6.29 Å². The van der Waals surface area contributed by atoms with Gasteiger partial charge in [0.25, 0.3) is 0 Å². The van der Waals surface area contributed by atoms with Crippen LogP contribution in [0.2, 0.25) is 0 Å². The van der Waals surface area contributed by atoms with Gasteiger partial charge in [-0.3, -0.25) is 0 Å². The fourth-order valence-corrected chi connectivity index (χ4v) is 1.32. The Kier molecular flexibility index (Phi) is 8.00. The second kappa shape index (κ2) is 8.24. The van der Waals surface area contributed by atoms with E-state index in [1.165, 1.54) is 19.3 Å². The van der Waals surface area contributed by atoms with E-state index in [1.807, 2.05) is 0 Å². The van der Waals surface area contributed by atoms with E-state index in [0.717, 1.165) is 18.7 Å². The number of hydrogen-bond donors (Lipinski definition) is 1. The number of aldehydes is 1. The Morgan fingerprint density at radius 2 is 1.92 bits per heavy atom. The van der Waals surface area contributed by atoms with Crippen LogP contribution >= 0.6 is 0 Å². The van der Waals surface area contributed by atoms with Crippen molar-refractivity contribution in [1.82, 2.24) is 5.32 Å². The summed E-state index contributed by atoms with van der Waals surface area (Å²) in [5.74, 6) is 0.808. The summed E-state index contributed by atoms with van der Waals surface area (Å²) in [6, 6.07) is 0.554. The second-order valence-electron chi connectivity index (χ2n) is 4.14. The van der Waals surface area contributed by atoms with Crippen molar-refractivity contribution >= 4 is 6.29 Å². The smallest absolute Gasteiger partial charge is 0.121 e. The highest BCUT2D eigenvalue weighted by Gasteiger charge is 2.01. The maximum Gasteiger partial charge on any atom is 0.121 e. The molecule has 78 valence electrons. The van der Waals surface area contributed by atoms with Gasteiger partial charge < -0.3 is 10.1 Å². The third-order valence-electron chi connectivity index (χ3n) is 2.17. The quantitative estimate of drug-likeness (QED) is 0.464. The molecule has 0 heterocycles. The van der Waals surface area contributed by atoms with Crippen molar-refractivity contribution in [2.24, 2.45) is 5.92 Å². The number of carbonyl (C=O) groups is 1. The summed E-state index contributed by atoms with van der Waals surface area (Å²) < 4.78 is 0. The maximum atomic E-state index is 10.0. The maximum absolute atomic E-state index is 10.0. The minimum absolute atomic E-state index is 0.554. The summed E-state index contributed by atoms with van der Waals surface area (Å²) in [7, 11) is 0. The molecule has 0 fully saturated rings. The van der Waals surface area contributed by atoms with Gasteiger partial charge in [0.2, 0.25) is 0 Å². The lowest BCUT2D eigenvalue weighted by atomic mass is 10.0. The standard InChI is InChI=1S/C11H23NO/c1-10(2)6-4-7-11(3)12-8-5-9-13/h9-12H,4-8H2,1-3H3. The fraction of sp³-hybridized carbons (Fsp3) is 0.909. The zero-order valence-corrected chi connectivity index (χ0v) is 9.18. The number of nitrogens with one attached hydrogen (secondary N) is 1. The van der Waals surface area contributed by atoms with E-state index in [0.29, 0.717) is 12.5 Å². The van der Waals surface area contributed by atoms with Crippen LogP contribution in [0, 0.1) is 5.92 Å². The van der Waals surface area contributed by atoms with Crippen molar-refractivity contribution in [2.75, 3.05) is 6.54 Å². The van der Waals surface area contributed by atoms with E-state index >= 15 is 0 Å². The van der Waals surface area contributed by atoms with Crippen molar-refractivity contribution in [3.63, 3.8) is 0 Å². The van der Waals surface area contributed by atoms with Gasteiger partial charge in [-0.15, -0.1) is 0 Å². The van der Waals surface area contributed by atoms with Gasteiger partial charge in [-0.2, -0.15) is 0 Å². The van der Waals surface area contributed by atoms with Crippen LogP contribution in [0.25, 0.3) is 0 Å². The highest BCUT2D eigenvalue weighted by atomic mass is 16.1. The van der Waals surface area contributed by atoms with Gasteiger partial charge in [-0.25, -0.2) is 0 Å². The highest BCUT2D eigenvalue weighted by molar-refractivity contribution is 5.49. The molecule has 0 spiro atoms. The summed E-state index contributed by atoms with van der Waals surface area (Å²) in [5, 5.41) is 3.33. The Labute approximate surface area is 82.1 Å². The van der Waals surface area contributed by atoms with Crippen LogP contribution in [0.3, 0.4) is 0 Å². The Balaban J connectivity index is 3.19. The zero-order chi connectivity index (χ0) is 10.1. The lowest BCUT2D eigenvalue weighted by Gasteiger charge is -2.13. The summed E-state index contributed by atoms with van der Waals surface area (Å²) in [6.45, 7) is 7.52. The largest absolute Gasteiger partial charge is 0.314 e. The average molecular weight is 185 g/mol. The first-order chi connectivity index (χ1) is 6.16. The molecule has 2 nitrogen and oxygen atoms in total. The molecule has 2 heteroatoms. The molecule has 13 heavy (non-hydrogen) atoms. The minimum Gasteiger partial charge on any atom is -0.314 e. The lowest BCUT2D eigenvalue weighted by Crippen LogP contribution is -2.27. The molecule has 1 N–H and O–H groups in total. The van der Waals surface area contributed by atoms with Gasteiger partial charge in [0, 0.05) is 19.0 Å². The van der Waals surface area contributed by atoms with Crippen LogP contribution in [0.15, 0.2) is 0 Å². The summed E-state index contributed by atoms with van der Waals surface area (Å²) in [6.07, 6.45) is 5.41. The lowest BCUT2D eigenvalue weighted by molar-refractivity contribution is -0.107. The molecule has 0 saturated heterocycles. The summed E-state index contributed by atoms with van der Waals surface area (Å²) in [5.41, 5.74) is 0.